The van der Waals surface area contributed by atoms with Crippen LogP contribution in [0.2, 0.25) is 0 Å². The van der Waals surface area contributed by atoms with Crippen molar-refractivity contribution < 1.29 is 4.79 Å². The highest BCUT2D eigenvalue weighted by Crippen LogP contribution is 2.25. The zero-order valence-corrected chi connectivity index (χ0v) is 11.9. The van der Waals surface area contributed by atoms with Crippen LogP contribution in [-0.2, 0) is 10.3 Å². The molecule has 3 nitrogen and oxygen atoms in total. The number of hydrogen-bond acceptors (Lipinski definition) is 2. The van der Waals surface area contributed by atoms with Gasteiger partial charge in [-0.1, -0.05) is 37.3 Å². The Morgan fingerprint density at radius 3 is 2.37 bits per heavy atom. The first-order chi connectivity index (χ1) is 9.00. The third-order valence-corrected chi connectivity index (χ3v) is 4.20. The summed E-state index contributed by atoms with van der Waals surface area (Å²) in [6.45, 7) is 4.05. The Bertz CT molecular complexity index is 420. The SMILES string of the molecule is CC1CCC(NC(=O)C(C)(N)c2ccccc2)CC1. The standard InChI is InChI=1S/C16H24N2O/c1-12-8-10-14(11-9-12)18-15(19)16(2,17)13-6-4-3-5-7-13/h3-7,12,14H,8-11,17H2,1-2H3,(H,18,19). The molecule has 0 saturated heterocycles. The van der Waals surface area contributed by atoms with Gasteiger partial charge < -0.3 is 11.1 Å². The summed E-state index contributed by atoms with van der Waals surface area (Å²) in [7, 11) is 0. The summed E-state index contributed by atoms with van der Waals surface area (Å²) in [6, 6.07) is 9.85. The number of carbonyl (C=O) groups is 1. The molecule has 0 radical (unpaired) electrons. The van der Waals surface area contributed by atoms with Crippen LogP contribution in [0.15, 0.2) is 30.3 Å². The van der Waals surface area contributed by atoms with Crippen molar-refractivity contribution in [2.45, 2.75) is 51.1 Å². The Kier molecular flexibility index (Phi) is 4.25. The molecule has 1 atom stereocenters. The molecule has 0 spiro atoms. The van der Waals surface area contributed by atoms with E-state index in [0.29, 0.717) is 0 Å². The van der Waals surface area contributed by atoms with Crippen molar-refractivity contribution in [2.75, 3.05) is 0 Å². The fourth-order valence-corrected chi connectivity index (χ4v) is 2.66. The molecule has 1 saturated carbocycles. The zero-order valence-electron chi connectivity index (χ0n) is 11.9. The second-order valence-corrected chi connectivity index (χ2v) is 6.00. The summed E-state index contributed by atoms with van der Waals surface area (Å²) < 4.78 is 0. The lowest BCUT2D eigenvalue weighted by Crippen LogP contribution is -2.52. The van der Waals surface area contributed by atoms with Crippen molar-refractivity contribution in [3.63, 3.8) is 0 Å². The van der Waals surface area contributed by atoms with Gasteiger partial charge >= 0.3 is 0 Å². The molecule has 1 aromatic carbocycles. The molecule has 2 rings (SSSR count). The van der Waals surface area contributed by atoms with Crippen LogP contribution in [0.3, 0.4) is 0 Å². The average Bonchev–Trinajstić information content (AvgIpc) is 2.42. The summed E-state index contributed by atoms with van der Waals surface area (Å²) in [4.78, 5) is 12.4. The van der Waals surface area contributed by atoms with E-state index in [2.05, 4.69) is 12.2 Å². The normalized spacial score (nSPS) is 26.5. The number of amides is 1. The van der Waals surface area contributed by atoms with Gasteiger partial charge in [0.15, 0.2) is 0 Å². The minimum absolute atomic E-state index is 0.0711. The number of nitrogens with one attached hydrogen (secondary N) is 1. The molecule has 1 unspecified atom stereocenters. The molecule has 3 N–H and O–H groups in total. The Balaban J connectivity index is 1.99. The van der Waals surface area contributed by atoms with Gasteiger partial charge in [0.05, 0.1) is 0 Å². The van der Waals surface area contributed by atoms with E-state index in [4.69, 9.17) is 5.73 Å². The fraction of sp³-hybridized carbons (Fsp3) is 0.562. The van der Waals surface area contributed by atoms with Crippen molar-refractivity contribution in [3.8, 4) is 0 Å². The Morgan fingerprint density at radius 2 is 1.79 bits per heavy atom. The predicted molar refractivity (Wildman–Crippen MR) is 77.5 cm³/mol. The largest absolute Gasteiger partial charge is 0.351 e. The highest BCUT2D eigenvalue weighted by Gasteiger charge is 2.32. The number of rotatable bonds is 3. The van der Waals surface area contributed by atoms with Gasteiger partial charge in [-0.3, -0.25) is 4.79 Å². The molecule has 0 aliphatic heterocycles. The quantitative estimate of drug-likeness (QED) is 0.877. The van der Waals surface area contributed by atoms with E-state index in [1.54, 1.807) is 6.92 Å². The van der Waals surface area contributed by atoms with Gasteiger partial charge in [0.1, 0.15) is 5.54 Å². The molecule has 104 valence electrons. The maximum atomic E-state index is 12.4. The Morgan fingerprint density at radius 1 is 1.21 bits per heavy atom. The molecule has 1 fully saturated rings. The van der Waals surface area contributed by atoms with Gasteiger partial charge in [0.25, 0.3) is 0 Å². The van der Waals surface area contributed by atoms with Crippen LogP contribution in [-0.4, -0.2) is 11.9 Å². The monoisotopic (exact) mass is 260 g/mol. The van der Waals surface area contributed by atoms with Crippen molar-refractivity contribution in [1.82, 2.24) is 5.32 Å². The molecule has 0 aromatic heterocycles. The summed E-state index contributed by atoms with van der Waals surface area (Å²) in [6.07, 6.45) is 4.52. The minimum Gasteiger partial charge on any atom is -0.351 e. The first-order valence-electron chi connectivity index (χ1n) is 7.15. The Labute approximate surface area is 115 Å². The maximum absolute atomic E-state index is 12.4. The second kappa shape index (κ2) is 5.74. The summed E-state index contributed by atoms with van der Waals surface area (Å²) in [5.74, 6) is 0.713. The van der Waals surface area contributed by atoms with Gasteiger partial charge in [-0.2, -0.15) is 0 Å². The van der Waals surface area contributed by atoms with Gasteiger partial charge in [0, 0.05) is 6.04 Å². The highest BCUT2D eigenvalue weighted by atomic mass is 16.2. The van der Waals surface area contributed by atoms with E-state index < -0.39 is 5.54 Å². The second-order valence-electron chi connectivity index (χ2n) is 6.00. The van der Waals surface area contributed by atoms with Crippen LogP contribution in [0.1, 0.15) is 45.1 Å². The van der Waals surface area contributed by atoms with E-state index in [-0.39, 0.29) is 11.9 Å². The summed E-state index contributed by atoms with van der Waals surface area (Å²) in [5, 5.41) is 3.11. The topological polar surface area (TPSA) is 55.1 Å². The zero-order chi connectivity index (χ0) is 13.9. The highest BCUT2D eigenvalue weighted by molar-refractivity contribution is 5.87. The smallest absolute Gasteiger partial charge is 0.244 e. The first-order valence-corrected chi connectivity index (χ1v) is 7.15. The van der Waals surface area contributed by atoms with Crippen molar-refractivity contribution in [3.05, 3.63) is 35.9 Å². The van der Waals surface area contributed by atoms with Crippen LogP contribution < -0.4 is 11.1 Å². The van der Waals surface area contributed by atoms with Gasteiger partial charge in [-0.15, -0.1) is 0 Å². The van der Waals surface area contributed by atoms with Gasteiger partial charge in [-0.05, 0) is 44.1 Å². The van der Waals surface area contributed by atoms with E-state index in [1.165, 1.54) is 12.8 Å². The molecule has 0 bridgehead atoms. The van der Waals surface area contributed by atoms with E-state index in [1.807, 2.05) is 30.3 Å². The lowest BCUT2D eigenvalue weighted by molar-refractivity contribution is -0.127. The molecule has 1 aliphatic carbocycles. The lowest BCUT2D eigenvalue weighted by Gasteiger charge is -2.31. The van der Waals surface area contributed by atoms with Crippen LogP contribution >= 0.6 is 0 Å². The van der Waals surface area contributed by atoms with Crippen LogP contribution in [0, 0.1) is 5.92 Å². The van der Waals surface area contributed by atoms with Crippen LogP contribution in [0.25, 0.3) is 0 Å². The fourth-order valence-electron chi connectivity index (χ4n) is 2.66. The van der Waals surface area contributed by atoms with Gasteiger partial charge in [-0.25, -0.2) is 0 Å². The molecule has 1 amide bonds. The van der Waals surface area contributed by atoms with E-state index in [0.717, 1.165) is 24.3 Å². The predicted octanol–water partition coefficient (Wildman–Crippen LogP) is 2.56. The summed E-state index contributed by atoms with van der Waals surface area (Å²) >= 11 is 0. The van der Waals surface area contributed by atoms with Crippen molar-refractivity contribution in [2.24, 2.45) is 11.7 Å². The number of carbonyl (C=O) groups excluding carboxylic acids is 1. The first kappa shape index (κ1) is 14.1. The van der Waals surface area contributed by atoms with Crippen LogP contribution in [0.5, 0.6) is 0 Å². The van der Waals surface area contributed by atoms with Crippen molar-refractivity contribution >= 4 is 5.91 Å². The van der Waals surface area contributed by atoms with E-state index in [9.17, 15) is 4.79 Å². The number of nitrogens with two attached hydrogens (primary N) is 1. The molecular weight excluding hydrogens is 236 g/mol. The van der Waals surface area contributed by atoms with Crippen molar-refractivity contribution in [1.29, 1.82) is 0 Å². The molecular formula is C16H24N2O. The Hall–Kier alpha value is -1.35. The van der Waals surface area contributed by atoms with E-state index >= 15 is 0 Å². The maximum Gasteiger partial charge on any atom is 0.244 e. The number of hydrogen-bond donors (Lipinski definition) is 2. The molecule has 19 heavy (non-hydrogen) atoms. The van der Waals surface area contributed by atoms with Gasteiger partial charge in [0.2, 0.25) is 5.91 Å². The molecule has 1 aliphatic rings. The molecule has 3 heteroatoms. The average molecular weight is 260 g/mol. The minimum atomic E-state index is -0.954. The molecule has 1 aromatic rings. The molecule has 0 heterocycles. The third-order valence-electron chi connectivity index (χ3n) is 4.20. The van der Waals surface area contributed by atoms with Crippen LogP contribution in [0.4, 0.5) is 0 Å². The third kappa shape index (κ3) is 3.35. The summed E-state index contributed by atoms with van der Waals surface area (Å²) in [5.41, 5.74) is 6.12. The number of benzene rings is 1. The lowest BCUT2D eigenvalue weighted by atomic mass is 9.86.